The van der Waals surface area contributed by atoms with Gasteiger partial charge in [0.2, 0.25) is 11.8 Å². The van der Waals surface area contributed by atoms with Crippen molar-refractivity contribution in [3.8, 4) is 0 Å². The molecule has 1 aliphatic carbocycles. The normalized spacial score (nSPS) is 29.2. The highest BCUT2D eigenvalue weighted by atomic mass is 16.2. The SMILES string of the molecule is O=C1NC(=O)[C@@]2(c3cccc4ncccc34)CC12. The maximum Gasteiger partial charge on any atom is 0.238 e. The summed E-state index contributed by atoms with van der Waals surface area (Å²) >= 11 is 0. The van der Waals surface area contributed by atoms with Gasteiger partial charge in [-0.15, -0.1) is 0 Å². The van der Waals surface area contributed by atoms with Crippen LogP contribution in [0.4, 0.5) is 0 Å². The predicted molar refractivity (Wildman–Crippen MR) is 64.7 cm³/mol. The number of rotatable bonds is 1. The molecule has 0 bridgehead atoms. The number of hydrogen-bond acceptors (Lipinski definition) is 3. The van der Waals surface area contributed by atoms with Gasteiger partial charge in [-0.3, -0.25) is 19.9 Å². The number of imide groups is 1. The molecule has 4 heteroatoms. The van der Waals surface area contributed by atoms with E-state index in [9.17, 15) is 9.59 Å². The number of carbonyl (C=O) groups excluding carboxylic acids is 2. The first-order valence-corrected chi connectivity index (χ1v) is 5.93. The van der Waals surface area contributed by atoms with Crippen molar-refractivity contribution in [1.29, 1.82) is 0 Å². The minimum atomic E-state index is -0.625. The molecule has 18 heavy (non-hydrogen) atoms. The van der Waals surface area contributed by atoms with E-state index in [2.05, 4.69) is 10.3 Å². The molecule has 4 nitrogen and oxygen atoms in total. The van der Waals surface area contributed by atoms with Crippen LogP contribution in [0.25, 0.3) is 10.9 Å². The van der Waals surface area contributed by atoms with Crippen LogP contribution in [0.5, 0.6) is 0 Å². The van der Waals surface area contributed by atoms with Crippen molar-refractivity contribution < 1.29 is 9.59 Å². The van der Waals surface area contributed by atoms with E-state index in [-0.39, 0.29) is 17.7 Å². The number of nitrogens with one attached hydrogen (secondary N) is 1. The molecule has 1 saturated heterocycles. The second kappa shape index (κ2) is 2.96. The quantitative estimate of drug-likeness (QED) is 0.758. The summed E-state index contributed by atoms with van der Waals surface area (Å²) in [5.74, 6) is -0.481. The molecule has 2 atom stereocenters. The Balaban J connectivity index is 2.00. The molecule has 0 radical (unpaired) electrons. The standard InChI is InChI=1S/C14H10N2O2/c17-12-10-7-14(10,13(18)16-12)9-4-1-5-11-8(9)3-2-6-15-11/h1-6,10H,7H2,(H,16,17,18)/t10?,14-/m1/s1. The van der Waals surface area contributed by atoms with Crippen molar-refractivity contribution in [2.24, 2.45) is 5.92 Å². The van der Waals surface area contributed by atoms with E-state index in [0.717, 1.165) is 16.5 Å². The maximum atomic E-state index is 12.0. The fourth-order valence-corrected chi connectivity index (χ4v) is 3.05. The molecule has 4 rings (SSSR count). The van der Waals surface area contributed by atoms with Crippen molar-refractivity contribution in [2.75, 3.05) is 0 Å². The van der Waals surface area contributed by atoms with Gasteiger partial charge in [-0.2, -0.15) is 0 Å². The molecule has 88 valence electrons. The number of nitrogens with zero attached hydrogens (tertiary/aromatic N) is 1. The van der Waals surface area contributed by atoms with Crippen molar-refractivity contribution >= 4 is 22.7 Å². The van der Waals surface area contributed by atoms with Gasteiger partial charge in [-0.25, -0.2) is 0 Å². The lowest BCUT2D eigenvalue weighted by molar-refractivity contribution is -0.127. The molecule has 1 saturated carbocycles. The van der Waals surface area contributed by atoms with Crippen LogP contribution in [0.2, 0.25) is 0 Å². The van der Waals surface area contributed by atoms with E-state index in [1.165, 1.54) is 0 Å². The first kappa shape index (κ1) is 9.76. The Morgan fingerprint density at radius 1 is 1.22 bits per heavy atom. The maximum absolute atomic E-state index is 12.0. The number of amides is 2. The highest BCUT2D eigenvalue weighted by molar-refractivity contribution is 6.16. The van der Waals surface area contributed by atoms with Gasteiger partial charge >= 0.3 is 0 Å². The fourth-order valence-electron chi connectivity index (χ4n) is 3.05. The van der Waals surface area contributed by atoms with Gasteiger partial charge in [0.15, 0.2) is 0 Å². The Labute approximate surface area is 103 Å². The molecule has 0 spiro atoms. The molecule has 2 heterocycles. The average Bonchev–Trinajstić information content (AvgIpc) is 3.09. The summed E-state index contributed by atoms with van der Waals surface area (Å²) in [5, 5.41) is 3.39. The zero-order chi connectivity index (χ0) is 12.3. The van der Waals surface area contributed by atoms with E-state index < -0.39 is 5.41 Å². The molecule has 2 aliphatic rings. The molecule has 2 amide bonds. The summed E-state index contributed by atoms with van der Waals surface area (Å²) in [6.07, 6.45) is 2.36. The van der Waals surface area contributed by atoms with Crippen LogP contribution < -0.4 is 5.32 Å². The lowest BCUT2D eigenvalue weighted by Gasteiger charge is -2.12. The van der Waals surface area contributed by atoms with Crippen LogP contribution in [-0.2, 0) is 15.0 Å². The van der Waals surface area contributed by atoms with Crippen LogP contribution in [0, 0.1) is 5.92 Å². The average molecular weight is 238 g/mol. The Bertz CT molecular complexity index is 705. The van der Waals surface area contributed by atoms with Crippen LogP contribution in [-0.4, -0.2) is 16.8 Å². The molecule has 1 unspecified atom stereocenters. The lowest BCUT2D eigenvalue weighted by Crippen LogP contribution is -2.30. The van der Waals surface area contributed by atoms with Gasteiger partial charge in [0.1, 0.15) is 0 Å². The molecular formula is C14H10N2O2. The zero-order valence-electron chi connectivity index (χ0n) is 9.51. The predicted octanol–water partition coefficient (Wildman–Crippen LogP) is 1.15. The fraction of sp³-hybridized carbons (Fsp3) is 0.214. The Kier molecular flexibility index (Phi) is 1.60. The number of pyridine rings is 1. The molecule has 1 aliphatic heterocycles. The molecule has 2 aromatic rings. The smallest absolute Gasteiger partial charge is 0.238 e. The second-order valence-electron chi connectivity index (χ2n) is 4.92. The molecule has 1 aromatic heterocycles. The van der Waals surface area contributed by atoms with E-state index in [1.807, 2.05) is 30.3 Å². The minimum absolute atomic E-state index is 0.138. The van der Waals surface area contributed by atoms with E-state index in [4.69, 9.17) is 0 Å². The van der Waals surface area contributed by atoms with E-state index in [1.54, 1.807) is 6.20 Å². The topological polar surface area (TPSA) is 59.1 Å². The summed E-state index contributed by atoms with van der Waals surface area (Å²) in [6.45, 7) is 0. The summed E-state index contributed by atoms with van der Waals surface area (Å²) < 4.78 is 0. The summed E-state index contributed by atoms with van der Waals surface area (Å²) in [7, 11) is 0. The second-order valence-corrected chi connectivity index (χ2v) is 4.92. The van der Waals surface area contributed by atoms with Gasteiger partial charge in [0.25, 0.3) is 0 Å². The largest absolute Gasteiger partial charge is 0.295 e. The minimum Gasteiger partial charge on any atom is -0.295 e. The number of fused-ring (bicyclic) bond motifs is 2. The van der Waals surface area contributed by atoms with Gasteiger partial charge in [-0.1, -0.05) is 18.2 Å². The van der Waals surface area contributed by atoms with Crippen molar-refractivity contribution in [3.63, 3.8) is 0 Å². The van der Waals surface area contributed by atoms with E-state index in [0.29, 0.717) is 6.42 Å². The highest BCUT2D eigenvalue weighted by Crippen LogP contribution is 2.58. The Morgan fingerprint density at radius 3 is 2.83 bits per heavy atom. The Hall–Kier alpha value is -2.23. The van der Waals surface area contributed by atoms with Gasteiger partial charge in [0.05, 0.1) is 16.8 Å². The van der Waals surface area contributed by atoms with Gasteiger partial charge in [-0.05, 0) is 24.1 Å². The zero-order valence-corrected chi connectivity index (χ0v) is 9.51. The third-order valence-electron chi connectivity index (χ3n) is 4.05. The summed E-state index contributed by atoms with van der Waals surface area (Å²) in [4.78, 5) is 27.9. The van der Waals surface area contributed by atoms with Crippen LogP contribution in [0.3, 0.4) is 0 Å². The molecule has 1 aromatic carbocycles. The molecular weight excluding hydrogens is 228 g/mol. The molecule has 1 N–H and O–H groups in total. The highest BCUT2D eigenvalue weighted by Gasteiger charge is 2.69. The number of piperidine rings is 1. The first-order valence-electron chi connectivity index (χ1n) is 5.93. The summed E-state index contributed by atoms with van der Waals surface area (Å²) in [6, 6.07) is 9.56. The summed E-state index contributed by atoms with van der Waals surface area (Å²) in [5.41, 5.74) is 1.17. The van der Waals surface area contributed by atoms with Crippen molar-refractivity contribution in [1.82, 2.24) is 10.3 Å². The van der Waals surface area contributed by atoms with Crippen molar-refractivity contribution in [2.45, 2.75) is 11.8 Å². The Morgan fingerprint density at radius 2 is 2.11 bits per heavy atom. The van der Waals surface area contributed by atoms with Crippen LogP contribution in [0.1, 0.15) is 12.0 Å². The van der Waals surface area contributed by atoms with E-state index >= 15 is 0 Å². The van der Waals surface area contributed by atoms with Crippen molar-refractivity contribution in [3.05, 3.63) is 42.1 Å². The molecule has 2 fully saturated rings. The van der Waals surface area contributed by atoms with Gasteiger partial charge in [0, 0.05) is 11.6 Å². The van der Waals surface area contributed by atoms with Gasteiger partial charge < -0.3 is 0 Å². The monoisotopic (exact) mass is 238 g/mol. The van der Waals surface area contributed by atoms with Crippen LogP contribution >= 0.6 is 0 Å². The lowest BCUT2D eigenvalue weighted by atomic mass is 9.91. The third kappa shape index (κ3) is 0.984. The number of carbonyl (C=O) groups is 2. The van der Waals surface area contributed by atoms with Crippen LogP contribution in [0.15, 0.2) is 36.5 Å². The first-order chi connectivity index (χ1) is 8.73. The number of hydrogen-bond donors (Lipinski definition) is 1. The third-order valence-corrected chi connectivity index (χ3v) is 4.05. The number of benzene rings is 1. The number of aromatic nitrogens is 1.